The molecule has 0 aromatic carbocycles. The standard InChI is InChI=1S/C13H23N5OS/c1-9(2)11-12(13(19)16-14)20-10(15-11)8-18-6-4-17(3)5-7-18/h9H,4-8,14H2,1-3H3,(H,16,19). The Morgan fingerprint density at radius 1 is 1.40 bits per heavy atom. The fourth-order valence-corrected chi connectivity index (χ4v) is 3.43. The van der Waals surface area contributed by atoms with E-state index in [1.54, 1.807) is 0 Å². The van der Waals surface area contributed by atoms with Crippen LogP contribution in [0.5, 0.6) is 0 Å². The summed E-state index contributed by atoms with van der Waals surface area (Å²) in [7, 11) is 2.14. The maximum absolute atomic E-state index is 11.8. The molecule has 1 saturated heterocycles. The summed E-state index contributed by atoms with van der Waals surface area (Å²) in [5.74, 6) is 5.23. The summed E-state index contributed by atoms with van der Waals surface area (Å²) in [6, 6.07) is 0. The van der Waals surface area contributed by atoms with Crippen molar-refractivity contribution in [3.63, 3.8) is 0 Å². The van der Waals surface area contributed by atoms with Crippen molar-refractivity contribution in [3.05, 3.63) is 15.6 Å². The largest absolute Gasteiger partial charge is 0.304 e. The van der Waals surface area contributed by atoms with E-state index in [1.807, 2.05) is 13.8 Å². The van der Waals surface area contributed by atoms with Crippen LogP contribution in [-0.4, -0.2) is 53.9 Å². The molecule has 1 fully saturated rings. The van der Waals surface area contributed by atoms with E-state index in [0.29, 0.717) is 4.88 Å². The molecule has 2 rings (SSSR count). The van der Waals surface area contributed by atoms with Crippen molar-refractivity contribution in [3.8, 4) is 0 Å². The van der Waals surface area contributed by atoms with Gasteiger partial charge in [-0.15, -0.1) is 11.3 Å². The van der Waals surface area contributed by atoms with Crippen molar-refractivity contribution in [2.45, 2.75) is 26.3 Å². The Morgan fingerprint density at radius 2 is 2.05 bits per heavy atom. The first-order valence-electron chi connectivity index (χ1n) is 6.92. The van der Waals surface area contributed by atoms with Gasteiger partial charge in [-0.1, -0.05) is 13.8 Å². The number of nitrogen functional groups attached to an aromatic ring is 1. The minimum Gasteiger partial charge on any atom is -0.304 e. The van der Waals surface area contributed by atoms with Gasteiger partial charge in [-0.05, 0) is 13.0 Å². The zero-order chi connectivity index (χ0) is 14.7. The van der Waals surface area contributed by atoms with Crippen LogP contribution >= 0.6 is 11.3 Å². The lowest BCUT2D eigenvalue weighted by Gasteiger charge is -2.31. The predicted molar refractivity (Wildman–Crippen MR) is 80.6 cm³/mol. The summed E-state index contributed by atoms with van der Waals surface area (Å²) in [6.45, 7) is 9.16. The van der Waals surface area contributed by atoms with Crippen LogP contribution in [0.3, 0.4) is 0 Å². The summed E-state index contributed by atoms with van der Waals surface area (Å²) < 4.78 is 0. The lowest BCUT2D eigenvalue weighted by molar-refractivity contribution is 0.0956. The molecule has 3 N–H and O–H groups in total. The smallest absolute Gasteiger partial charge is 0.277 e. The van der Waals surface area contributed by atoms with Crippen LogP contribution in [0.2, 0.25) is 0 Å². The third kappa shape index (κ3) is 3.54. The molecule has 1 aromatic rings. The van der Waals surface area contributed by atoms with E-state index in [2.05, 4.69) is 27.3 Å². The molecule has 0 unspecified atom stereocenters. The summed E-state index contributed by atoms with van der Waals surface area (Å²) in [5.41, 5.74) is 3.06. The van der Waals surface area contributed by atoms with E-state index in [1.165, 1.54) is 11.3 Å². The van der Waals surface area contributed by atoms with Crippen LogP contribution in [0.1, 0.15) is 40.1 Å². The molecule has 2 heterocycles. The van der Waals surface area contributed by atoms with Crippen molar-refractivity contribution in [1.82, 2.24) is 20.2 Å². The zero-order valence-corrected chi connectivity index (χ0v) is 13.2. The minimum atomic E-state index is -0.240. The number of piperazine rings is 1. The maximum Gasteiger partial charge on any atom is 0.277 e. The second kappa shape index (κ2) is 6.62. The molecule has 0 spiro atoms. The molecule has 112 valence electrons. The third-order valence-corrected chi connectivity index (χ3v) is 4.59. The first-order valence-corrected chi connectivity index (χ1v) is 7.74. The van der Waals surface area contributed by atoms with Gasteiger partial charge in [-0.2, -0.15) is 0 Å². The summed E-state index contributed by atoms with van der Waals surface area (Å²) >= 11 is 1.46. The monoisotopic (exact) mass is 297 g/mol. The second-order valence-corrected chi connectivity index (χ2v) is 6.61. The number of nitrogens with two attached hydrogens (primary N) is 1. The zero-order valence-electron chi connectivity index (χ0n) is 12.3. The number of likely N-dealkylation sites (N-methyl/N-ethyl adjacent to an activating group) is 1. The van der Waals surface area contributed by atoms with Crippen LogP contribution in [0.25, 0.3) is 0 Å². The number of nitrogens with zero attached hydrogens (tertiary/aromatic N) is 3. The average Bonchev–Trinajstić information content (AvgIpc) is 2.84. The van der Waals surface area contributed by atoms with Gasteiger partial charge in [-0.25, -0.2) is 10.8 Å². The third-order valence-electron chi connectivity index (χ3n) is 3.54. The SMILES string of the molecule is CC(C)c1nc(CN2CCN(C)CC2)sc1C(=O)NN. The number of aromatic nitrogens is 1. The van der Waals surface area contributed by atoms with Crippen LogP contribution in [0.4, 0.5) is 0 Å². The fraction of sp³-hybridized carbons (Fsp3) is 0.692. The number of hydrazine groups is 1. The first kappa shape index (κ1) is 15.4. The molecule has 0 atom stereocenters. The number of hydrogen-bond donors (Lipinski definition) is 2. The number of rotatable bonds is 4. The van der Waals surface area contributed by atoms with Gasteiger partial charge in [-0.3, -0.25) is 15.1 Å². The van der Waals surface area contributed by atoms with E-state index in [0.717, 1.165) is 43.4 Å². The van der Waals surface area contributed by atoms with Crippen LogP contribution in [0.15, 0.2) is 0 Å². The quantitative estimate of drug-likeness (QED) is 0.484. The number of thiazole rings is 1. The molecule has 0 bridgehead atoms. The Hall–Kier alpha value is -1.02. The highest BCUT2D eigenvalue weighted by Crippen LogP contribution is 2.26. The van der Waals surface area contributed by atoms with Gasteiger partial charge < -0.3 is 4.90 Å². The number of carbonyl (C=O) groups excluding carboxylic acids is 1. The molecule has 0 aliphatic carbocycles. The average molecular weight is 297 g/mol. The Bertz CT molecular complexity index is 465. The number of hydrogen-bond acceptors (Lipinski definition) is 6. The Kier molecular flexibility index (Phi) is 5.09. The highest BCUT2D eigenvalue weighted by molar-refractivity contribution is 7.13. The van der Waals surface area contributed by atoms with Crippen molar-refractivity contribution >= 4 is 17.2 Å². The van der Waals surface area contributed by atoms with E-state index in [9.17, 15) is 4.79 Å². The van der Waals surface area contributed by atoms with E-state index >= 15 is 0 Å². The van der Waals surface area contributed by atoms with Gasteiger partial charge in [0, 0.05) is 26.2 Å². The fourth-order valence-electron chi connectivity index (χ4n) is 2.26. The highest BCUT2D eigenvalue weighted by atomic mass is 32.1. The van der Waals surface area contributed by atoms with Crippen molar-refractivity contribution < 1.29 is 4.79 Å². The van der Waals surface area contributed by atoms with Gasteiger partial charge in [0.1, 0.15) is 9.88 Å². The Morgan fingerprint density at radius 3 is 2.60 bits per heavy atom. The maximum atomic E-state index is 11.8. The highest BCUT2D eigenvalue weighted by Gasteiger charge is 2.21. The van der Waals surface area contributed by atoms with Gasteiger partial charge in [0.25, 0.3) is 5.91 Å². The lowest BCUT2D eigenvalue weighted by atomic mass is 10.1. The molecule has 1 aliphatic heterocycles. The summed E-state index contributed by atoms with van der Waals surface area (Å²) in [6.07, 6.45) is 0. The van der Waals surface area contributed by atoms with Crippen LogP contribution in [0, 0.1) is 0 Å². The summed E-state index contributed by atoms with van der Waals surface area (Å²) in [4.78, 5) is 21.8. The topological polar surface area (TPSA) is 74.5 Å². The van der Waals surface area contributed by atoms with Crippen LogP contribution in [-0.2, 0) is 6.54 Å². The molecule has 7 heteroatoms. The number of nitrogens with one attached hydrogen (secondary N) is 1. The normalized spacial score (nSPS) is 17.6. The molecule has 1 aliphatic rings. The van der Waals surface area contributed by atoms with E-state index < -0.39 is 0 Å². The first-order chi connectivity index (χ1) is 9.51. The molecule has 6 nitrogen and oxygen atoms in total. The molecule has 1 amide bonds. The number of amides is 1. The molecular weight excluding hydrogens is 274 g/mol. The molecule has 20 heavy (non-hydrogen) atoms. The number of carbonyl (C=O) groups is 1. The van der Waals surface area contributed by atoms with E-state index in [4.69, 9.17) is 5.84 Å². The van der Waals surface area contributed by atoms with Crippen molar-refractivity contribution in [2.75, 3.05) is 33.2 Å². The van der Waals surface area contributed by atoms with Crippen molar-refractivity contribution in [1.29, 1.82) is 0 Å². The van der Waals surface area contributed by atoms with Gasteiger partial charge in [0.15, 0.2) is 0 Å². The van der Waals surface area contributed by atoms with Gasteiger partial charge >= 0.3 is 0 Å². The van der Waals surface area contributed by atoms with Gasteiger partial charge in [0.2, 0.25) is 0 Å². The van der Waals surface area contributed by atoms with Gasteiger partial charge in [0.05, 0.1) is 12.2 Å². The molecule has 1 aromatic heterocycles. The Labute approximate surface area is 123 Å². The summed E-state index contributed by atoms with van der Waals surface area (Å²) in [5, 5.41) is 0.997. The lowest BCUT2D eigenvalue weighted by Crippen LogP contribution is -2.43. The minimum absolute atomic E-state index is 0.222. The molecule has 0 saturated carbocycles. The van der Waals surface area contributed by atoms with Crippen LogP contribution < -0.4 is 11.3 Å². The molecule has 0 radical (unpaired) electrons. The van der Waals surface area contributed by atoms with Crippen molar-refractivity contribution in [2.24, 2.45) is 5.84 Å². The second-order valence-electron chi connectivity index (χ2n) is 5.53. The predicted octanol–water partition coefficient (Wildman–Crippen LogP) is 0.617. The molecular formula is C13H23N5OS. The Balaban J connectivity index is 2.10. The van der Waals surface area contributed by atoms with E-state index in [-0.39, 0.29) is 11.8 Å².